The molecular weight excluding hydrogens is 240 g/mol. The highest BCUT2D eigenvalue weighted by Gasteiger charge is 2.28. The molecule has 1 aliphatic heterocycles. The zero-order valence-electron chi connectivity index (χ0n) is 12.2. The van der Waals surface area contributed by atoms with Crippen molar-refractivity contribution < 1.29 is 4.79 Å². The lowest BCUT2D eigenvalue weighted by Crippen LogP contribution is -2.54. The molecule has 1 aliphatic rings. The number of aryl methyl sites for hydroxylation is 1. The Bertz CT molecular complexity index is 429. The Morgan fingerprint density at radius 1 is 1.42 bits per heavy atom. The molecule has 0 N–H and O–H groups in total. The van der Waals surface area contributed by atoms with E-state index in [4.69, 9.17) is 0 Å². The van der Waals surface area contributed by atoms with Crippen molar-refractivity contribution in [3.8, 4) is 0 Å². The van der Waals surface area contributed by atoms with Crippen molar-refractivity contribution in [2.75, 3.05) is 33.7 Å². The van der Waals surface area contributed by atoms with Gasteiger partial charge in [0.05, 0.1) is 12.5 Å². The molecular formula is C14H24N4O. The van der Waals surface area contributed by atoms with Crippen LogP contribution in [0.4, 0.5) is 0 Å². The first-order valence-electron chi connectivity index (χ1n) is 7.03. The Labute approximate surface area is 115 Å². The Hall–Kier alpha value is -1.20. The predicted octanol–water partition coefficient (Wildman–Crippen LogP) is 0.651. The van der Waals surface area contributed by atoms with Gasteiger partial charge in [-0.05, 0) is 20.5 Å². The van der Waals surface area contributed by atoms with Crippen LogP contribution in [0.2, 0.25) is 0 Å². The average Bonchev–Trinajstić information content (AvgIpc) is 2.80. The van der Waals surface area contributed by atoms with Gasteiger partial charge in [0, 0.05) is 38.6 Å². The SMILES string of the molecule is CCCn1ccnc1CC(=O)C1CN(C)CCN1C. The van der Waals surface area contributed by atoms with Crippen LogP contribution in [0.25, 0.3) is 0 Å². The number of hydrogen-bond acceptors (Lipinski definition) is 4. The molecule has 5 heteroatoms. The van der Waals surface area contributed by atoms with E-state index >= 15 is 0 Å². The Balaban J connectivity index is 2.01. The molecule has 0 spiro atoms. The smallest absolute Gasteiger partial charge is 0.158 e. The van der Waals surface area contributed by atoms with E-state index in [1.54, 1.807) is 6.20 Å². The zero-order valence-corrected chi connectivity index (χ0v) is 12.2. The summed E-state index contributed by atoms with van der Waals surface area (Å²) in [7, 11) is 4.11. The third-order valence-electron chi connectivity index (χ3n) is 3.82. The number of imidazole rings is 1. The van der Waals surface area contributed by atoms with Crippen molar-refractivity contribution >= 4 is 5.78 Å². The second kappa shape index (κ2) is 6.30. The summed E-state index contributed by atoms with van der Waals surface area (Å²) in [6.07, 6.45) is 5.25. The van der Waals surface area contributed by atoms with E-state index in [2.05, 4.69) is 33.3 Å². The summed E-state index contributed by atoms with van der Waals surface area (Å²) in [5, 5.41) is 0. The van der Waals surface area contributed by atoms with E-state index in [9.17, 15) is 4.79 Å². The largest absolute Gasteiger partial charge is 0.335 e. The van der Waals surface area contributed by atoms with Crippen LogP contribution in [-0.4, -0.2) is 64.9 Å². The molecule has 1 atom stereocenters. The van der Waals surface area contributed by atoms with Crippen LogP contribution in [0.3, 0.4) is 0 Å². The molecule has 106 valence electrons. The number of piperazine rings is 1. The Morgan fingerprint density at radius 3 is 2.95 bits per heavy atom. The quantitative estimate of drug-likeness (QED) is 0.783. The van der Waals surface area contributed by atoms with Crippen molar-refractivity contribution in [1.29, 1.82) is 0 Å². The third kappa shape index (κ3) is 3.42. The van der Waals surface area contributed by atoms with Gasteiger partial charge in [-0.3, -0.25) is 9.69 Å². The first kappa shape index (κ1) is 14.2. The summed E-state index contributed by atoms with van der Waals surface area (Å²) >= 11 is 0. The topological polar surface area (TPSA) is 41.4 Å². The summed E-state index contributed by atoms with van der Waals surface area (Å²) in [5.41, 5.74) is 0. The highest BCUT2D eigenvalue weighted by molar-refractivity contribution is 5.85. The van der Waals surface area contributed by atoms with Gasteiger partial charge in [0.1, 0.15) is 5.82 Å². The Kier molecular flexibility index (Phi) is 4.71. The molecule has 1 aromatic heterocycles. The van der Waals surface area contributed by atoms with E-state index in [0.717, 1.165) is 38.4 Å². The van der Waals surface area contributed by atoms with Gasteiger partial charge in [0.25, 0.3) is 0 Å². The van der Waals surface area contributed by atoms with Crippen LogP contribution in [0.5, 0.6) is 0 Å². The van der Waals surface area contributed by atoms with Crippen LogP contribution in [0, 0.1) is 0 Å². The normalized spacial score (nSPS) is 21.7. The number of carbonyl (C=O) groups is 1. The van der Waals surface area contributed by atoms with Gasteiger partial charge in [0.15, 0.2) is 5.78 Å². The minimum absolute atomic E-state index is 0.00512. The van der Waals surface area contributed by atoms with E-state index in [1.165, 1.54) is 0 Å². The maximum Gasteiger partial charge on any atom is 0.158 e. The summed E-state index contributed by atoms with van der Waals surface area (Å²) in [6.45, 7) is 5.88. The second-order valence-electron chi connectivity index (χ2n) is 5.44. The lowest BCUT2D eigenvalue weighted by Gasteiger charge is -2.36. The molecule has 0 bridgehead atoms. The minimum atomic E-state index is 0.00512. The van der Waals surface area contributed by atoms with Crippen molar-refractivity contribution in [3.05, 3.63) is 18.2 Å². The number of rotatable bonds is 5. The minimum Gasteiger partial charge on any atom is -0.335 e. The van der Waals surface area contributed by atoms with Crippen molar-refractivity contribution in [3.63, 3.8) is 0 Å². The third-order valence-corrected chi connectivity index (χ3v) is 3.82. The van der Waals surface area contributed by atoms with Crippen molar-refractivity contribution in [2.45, 2.75) is 32.4 Å². The lowest BCUT2D eigenvalue weighted by molar-refractivity contribution is -0.125. The molecule has 0 saturated carbocycles. The number of Topliss-reactive ketones (excluding diaryl/α,β-unsaturated/α-hetero) is 1. The molecule has 19 heavy (non-hydrogen) atoms. The van der Waals surface area contributed by atoms with Gasteiger partial charge < -0.3 is 9.47 Å². The van der Waals surface area contributed by atoms with Crippen LogP contribution in [0.15, 0.2) is 12.4 Å². The van der Waals surface area contributed by atoms with Gasteiger partial charge >= 0.3 is 0 Å². The van der Waals surface area contributed by atoms with Crippen LogP contribution in [0.1, 0.15) is 19.2 Å². The van der Waals surface area contributed by atoms with Crippen LogP contribution >= 0.6 is 0 Å². The van der Waals surface area contributed by atoms with Gasteiger partial charge in [-0.25, -0.2) is 4.98 Å². The zero-order chi connectivity index (χ0) is 13.8. The molecule has 0 amide bonds. The second-order valence-corrected chi connectivity index (χ2v) is 5.44. The predicted molar refractivity (Wildman–Crippen MR) is 75.1 cm³/mol. The highest BCUT2D eigenvalue weighted by atomic mass is 16.1. The molecule has 1 aromatic rings. The van der Waals surface area contributed by atoms with Crippen LogP contribution in [-0.2, 0) is 17.8 Å². The molecule has 1 saturated heterocycles. The van der Waals surface area contributed by atoms with Gasteiger partial charge in [-0.1, -0.05) is 6.92 Å². The maximum atomic E-state index is 12.5. The van der Waals surface area contributed by atoms with E-state index in [1.807, 2.05) is 13.2 Å². The lowest BCUT2D eigenvalue weighted by atomic mass is 10.1. The summed E-state index contributed by atoms with van der Waals surface area (Å²) in [6, 6.07) is 0.00512. The number of aromatic nitrogens is 2. The molecule has 2 rings (SSSR count). The first-order chi connectivity index (χ1) is 9.11. The Morgan fingerprint density at radius 2 is 2.21 bits per heavy atom. The molecule has 0 aromatic carbocycles. The van der Waals surface area contributed by atoms with Gasteiger partial charge in [-0.15, -0.1) is 0 Å². The summed E-state index contributed by atoms with van der Waals surface area (Å²) in [5.74, 6) is 1.17. The van der Waals surface area contributed by atoms with Gasteiger partial charge in [0.2, 0.25) is 0 Å². The molecule has 0 radical (unpaired) electrons. The van der Waals surface area contributed by atoms with E-state index < -0.39 is 0 Å². The maximum absolute atomic E-state index is 12.5. The molecule has 1 fully saturated rings. The van der Waals surface area contributed by atoms with E-state index in [-0.39, 0.29) is 11.8 Å². The van der Waals surface area contributed by atoms with Crippen LogP contribution < -0.4 is 0 Å². The number of carbonyl (C=O) groups excluding carboxylic acids is 1. The molecule has 1 unspecified atom stereocenters. The fraction of sp³-hybridized carbons (Fsp3) is 0.714. The van der Waals surface area contributed by atoms with Gasteiger partial charge in [-0.2, -0.15) is 0 Å². The van der Waals surface area contributed by atoms with Crippen molar-refractivity contribution in [1.82, 2.24) is 19.4 Å². The molecule has 2 heterocycles. The summed E-state index contributed by atoms with van der Waals surface area (Å²) in [4.78, 5) is 21.2. The number of hydrogen-bond donors (Lipinski definition) is 0. The number of likely N-dealkylation sites (N-methyl/N-ethyl adjacent to an activating group) is 2. The monoisotopic (exact) mass is 264 g/mol. The van der Waals surface area contributed by atoms with Crippen molar-refractivity contribution in [2.24, 2.45) is 0 Å². The average molecular weight is 264 g/mol. The molecule has 0 aliphatic carbocycles. The summed E-state index contributed by atoms with van der Waals surface area (Å²) < 4.78 is 2.09. The number of ketones is 1. The number of nitrogens with zero attached hydrogens (tertiary/aromatic N) is 4. The molecule has 5 nitrogen and oxygen atoms in total. The first-order valence-corrected chi connectivity index (χ1v) is 7.03. The standard InChI is InChI=1S/C14H24N4O/c1-4-6-18-7-5-15-14(18)10-13(19)12-11-16(2)8-9-17(12)3/h5,7,12H,4,6,8-11H2,1-3H3. The van der Waals surface area contributed by atoms with E-state index in [0.29, 0.717) is 6.42 Å². The fourth-order valence-electron chi connectivity index (χ4n) is 2.58. The highest BCUT2D eigenvalue weighted by Crippen LogP contribution is 2.10. The fourth-order valence-corrected chi connectivity index (χ4v) is 2.58.